The van der Waals surface area contributed by atoms with Crippen LogP contribution in [-0.2, 0) is 13.0 Å². The largest absolute Gasteiger partial charge is 0.328 e. The van der Waals surface area contributed by atoms with Gasteiger partial charge in [0.15, 0.2) is 0 Å². The third-order valence-electron chi connectivity index (χ3n) is 2.28. The molecule has 0 spiro atoms. The van der Waals surface area contributed by atoms with E-state index in [2.05, 4.69) is 21.7 Å². The molecule has 4 heteroatoms. The lowest BCUT2D eigenvalue weighted by Gasteiger charge is -2.07. The Balaban J connectivity index is 2.65. The standard InChI is InChI=1S/C10H20N4/c1-4-7-14-9(3)12-13-10(14)6-5-8(2)11/h8H,4-7,11H2,1-3H3. The molecule has 1 rings (SSSR count). The van der Waals surface area contributed by atoms with Crippen molar-refractivity contribution in [2.45, 2.75) is 52.6 Å². The summed E-state index contributed by atoms with van der Waals surface area (Å²) in [5.74, 6) is 2.08. The molecule has 0 aliphatic heterocycles. The van der Waals surface area contributed by atoms with Crippen LogP contribution in [0.3, 0.4) is 0 Å². The third-order valence-corrected chi connectivity index (χ3v) is 2.28. The van der Waals surface area contributed by atoms with E-state index in [0.29, 0.717) is 0 Å². The molecule has 0 aliphatic rings. The van der Waals surface area contributed by atoms with E-state index in [1.165, 1.54) is 0 Å². The minimum absolute atomic E-state index is 0.238. The first-order chi connectivity index (χ1) is 6.65. The SMILES string of the molecule is CCCn1c(C)nnc1CCC(C)N. The van der Waals surface area contributed by atoms with Gasteiger partial charge in [0.2, 0.25) is 0 Å². The highest BCUT2D eigenvalue weighted by Crippen LogP contribution is 2.06. The van der Waals surface area contributed by atoms with E-state index in [4.69, 9.17) is 5.73 Å². The average Bonchev–Trinajstić information content (AvgIpc) is 2.46. The summed E-state index contributed by atoms with van der Waals surface area (Å²) < 4.78 is 2.18. The molecule has 14 heavy (non-hydrogen) atoms. The van der Waals surface area contributed by atoms with Crippen molar-refractivity contribution >= 4 is 0 Å². The van der Waals surface area contributed by atoms with Crippen LogP contribution in [0.4, 0.5) is 0 Å². The van der Waals surface area contributed by atoms with Crippen molar-refractivity contribution < 1.29 is 0 Å². The van der Waals surface area contributed by atoms with Crippen LogP contribution in [0, 0.1) is 6.92 Å². The fraction of sp³-hybridized carbons (Fsp3) is 0.800. The lowest BCUT2D eigenvalue weighted by atomic mass is 10.2. The van der Waals surface area contributed by atoms with E-state index in [1.807, 2.05) is 13.8 Å². The van der Waals surface area contributed by atoms with Gasteiger partial charge in [0.25, 0.3) is 0 Å². The maximum atomic E-state index is 5.71. The topological polar surface area (TPSA) is 56.7 Å². The highest BCUT2D eigenvalue weighted by Gasteiger charge is 2.08. The number of nitrogens with two attached hydrogens (primary N) is 1. The first-order valence-electron chi connectivity index (χ1n) is 5.29. The zero-order valence-electron chi connectivity index (χ0n) is 9.32. The molecule has 0 amide bonds. The Kier molecular flexibility index (Phi) is 4.07. The number of hydrogen-bond acceptors (Lipinski definition) is 3. The number of nitrogens with zero attached hydrogens (tertiary/aromatic N) is 3. The van der Waals surface area contributed by atoms with Gasteiger partial charge in [-0.25, -0.2) is 0 Å². The zero-order chi connectivity index (χ0) is 10.6. The van der Waals surface area contributed by atoms with E-state index in [1.54, 1.807) is 0 Å². The van der Waals surface area contributed by atoms with Gasteiger partial charge in [0, 0.05) is 19.0 Å². The summed E-state index contributed by atoms with van der Waals surface area (Å²) in [5.41, 5.74) is 5.71. The maximum Gasteiger partial charge on any atom is 0.133 e. The first-order valence-corrected chi connectivity index (χ1v) is 5.29. The van der Waals surface area contributed by atoms with Crippen LogP contribution in [0.5, 0.6) is 0 Å². The molecule has 4 nitrogen and oxygen atoms in total. The highest BCUT2D eigenvalue weighted by atomic mass is 15.3. The Morgan fingerprint density at radius 2 is 2.14 bits per heavy atom. The van der Waals surface area contributed by atoms with Crippen molar-refractivity contribution in [2.24, 2.45) is 5.73 Å². The lowest BCUT2D eigenvalue weighted by molar-refractivity contribution is 0.585. The summed E-state index contributed by atoms with van der Waals surface area (Å²) in [6.07, 6.45) is 3.02. The molecule has 1 aromatic rings. The molecule has 0 aliphatic carbocycles. The molecule has 0 aromatic carbocycles. The van der Waals surface area contributed by atoms with Crippen molar-refractivity contribution in [2.75, 3.05) is 0 Å². The zero-order valence-corrected chi connectivity index (χ0v) is 9.32. The Hall–Kier alpha value is -0.900. The molecule has 1 aromatic heterocycles. The fourth-order valence-corrected chi connectivity index (χ4v) is 1.48. The molecule has 0 saturated heterocycles. The lowest BCUT2D eigenvalue weighted by Crippen LogP contribution is -2.17. The van der Waals surface area contributed by atoms with Gasteiger partial charge < -0.3 is 10.3 Å². The molecule has 0 bridgehead atoms. The summed E-state index contributed by atoms with van der Waals surface area (Å²) >= 11 is 0. The minimum Gasteiger partial charge on any atom is -0.328 e. The van der Waals surface area contributed by atoms with Crippen molar-refractivity contribution in [3.05, 3.63) is 11.6 Å². The predicted molar refractivity (Wildman–Crippen MR) is 57.0 cm³/mol. The van der Waals surface area contributed by atoms with Gasteiger partial charge in [-0.1, -0.05) is 6.92 Å². The van der Waals surface area contributed by atoms with Gasteiger partial charge in [-0.2, -0.15) is 0 Å². The third kappa shape index (κ3) is 2.80. The van der Waals surface area contributed by atoms with Crippen LogP contribution in [0.25, 0.3) is 0 Å². The molecule has 1 unspecified atom stereocenters. The van der Waals surface area contributed by atoms with E-state index in [9.17, 15) is 0 Å². The molecular formula is C10H20N4. The number of hydrogen-bond donors (Lipinski definition) is 1. The molecular weight excluding hydrogens is 176 g/mol. The maximum absolute atomic E-state index is 5.71. The first kappa shape index (κ1) is 11.2. The van der Waals surface area contributed by atoms with Crippen LogP contribution < -0.4 is 5.73 Å². The minimum atomic E-state index is 0.238. The van der Waals surface area contributed by atoms with Crippen molar-refractivity contribution in [1.29, 1.82) is 0 Å². The number of rotatable bonds is 5. The predicted octanol–water partition coefficient (Wildman–Crippen LogP) is 1.28. The van der Waals surface area contributed by atoms with Gasteiger partial charge in [-0.15, -0.1) is 10.2 Å². The van der Waals surface area contributed by atoms with Crippen LogP contribution in [-0.4, -0.2) is 20.8 Å². The summed E-state index contributed by atoms with van der Waals surface area (Å²) in [6.45, 7) is 7.19. The summed E-state index contributed by atoms with van der Waals surface area (Å²) in [6, 6.07) is 0.238. The Bertz CT molecular complexity index is 278. The van der Waals surface area contributed by atoms with Gasteiger partial charge in [-0.05, 0) is 26.7 Å². The quantitative estimate of drug-likeness (QED) is 0.771. The van der Waals surface area contributed by atoms with Crippen molar-refractivity contribution in [1.82, 2.24) is 14.8 Å². The normalized spacial score (nSPS) is 13.1. The fourth-order valence-electron chi connectivity index (χ4n) is 1.48. The van der Waals surface area contributed by atoms with Crippen LogP contribution >= 0.6 is 0 Å². The average molecular weight is 196 g/mol. The van der Waals surface area contributed by atoms with Crippen molar-refractivity contribution in [3.63, 3.8) is 0 Å². The smallest absolute Gasteiger partial charge is 0.133 e. The summed E-state index contributed by atoms with van der Waals surface area (Å²) in [4.78, 5) is 0. The molecule has 0 radical (unpaired) electrons. The highest BCUT2D eigenvalue weighted by molar-refractivity contribution is 4.94. The van der Waals surface area contributed by atoms with Gasteiger partial charge >= 0.3 is 0 Å². The number of aromatic nitrogens is 3. The van der Waals surface area contributed by atoms with E-state index in [0.717, 1.165) is 37.5 Å². The monoisotopic (exact) mass is 196 g/mol. The van der Waals surface area contributed by atoms with Crippen molar-refractivity contribution in [3.8, 4) is 0 Å². The molecule has 1 atom stereocenters. The summed E-state index contributed by atoms with van der Waals surface area (Å²) in [7, 11) is 0. The second-order valence-corrected chi connectivity index (χ2v) is 3.83. The number of aryl methyl sites for hydroxylation is 2. The Morgan fingerprint density at radius 1 is 1.43 bits per heavy atom. The van der Waals surface area contributed by atoms with Gasteiger partial charge in [-0.3, -0.25) is 0 Å². The molecule has 80 valence electrons. The second kappa shape index (κ2) is 5.10. The molecule has 2 N–H and O–H groups in total. The van der Waals surface area contributed by atoms with E-state index >= 15 is 0 Å². The Morgan fingerprint density at radius 3 is 2.71 bits per heavy atom. The van der Waals surface area contributed by atoms with Crippen LogP contribution in [0.1, 0.15) is 38.3 Å². The molecule has 0 saturated carbocycles. The van der Waals surface area contributed by atoms with E-state index < -0.39 is 0 Å². The van der Waals surface area contributed by atoms with E-state index in [-0.39, 0.29) is 6.04 Å². The summed E-state index contributed by atoms with van der Waals surface area (Å²) in [5, 5.41) is 8.25. The van der Waals surface area contributed by atoms with Crippen LogP contribution in [0.15, 0.2) is 0 Å². The van der Waals surface area contributed by atoms with Gasteiger partial charge in [0.05, 0.1) is 0 Å². The van der Waals surface area contributed by atoms with Gasteiger partial charge in [0.1, 0.15) is 11.6 Å². The molecule has 0 fully saturated rings. The van der Waals surface area contributed by atoms with Crippen LogP contribution in [0.2, 0.25) is 0 Å². The molecule has 1 heterocycles. The Labute approximate surface area is 85.5 Å². The second-order valence-electron chi connectivity index (χ2n) is 3.83.